The Labute approximate surface area is 211 Å². The Kier molecular flexibility index (Phi) is 6.72. The number of nitriles is 1. The number of methoxy groups -OCH3 is 1. The van der Waals surface area contributed by atoms with E-state index in [0.717, 1.165) is 19.2 Å². The largest absolute Gasteiger partial charge is 0.478 e. The Bertz CT molecular complexity index is 1640. The van der Waals surface area contributed by atoms with Crippen LogP contribution in [0.2, 0.25) is 0 Å². The Morgan fingerprint density at radius 2 is 1.76 bits per heavy atom. The van der Waals surface area contributed by atoms with Crippen molar-refractivity contribution in [2.75, 3.05) is 17.7 Å². The summed E-state index contributed by atoms with van der Waals surface area (Å²) in [6.07, 6.45) is -5.71. The number of aromatic carboxylic acids is 1. The molecule has 0 unspecified atom stereocenters. The first kappa shape index (κ1) is 25.7. The topological polar surface area (TPSA) is 155 Å². The van der Waals surface area contributed by atoms with Crippen molar-refractivity contribution < 1.29 is 41.9 Å². The van der Waals surface area contributed by atoms with Gasteiger partial charge in [-0.3, -0.25) is 10.1 Å². The predicted molar refractivity (Wildman–Crippen MR) is 127 cm³/mol. The highest BCUT2D eigenvalue weighted by molar-refractivity contribution is 6.14. The minimum Gasteiger partial charge on any atom is -0.478 e. The lowest BCUT2D eigenvalue weighted by Crippen LogP contribution is -2.16. The molecule has 38 heavy (non-hydrogen) atoms. The second-order valence-corrected chi connectivity index (χ2v) is 7.72. The monoisotopic (exact) mass is 524 g/mol. The van der Waals surface area contributed by atoms with Crippen LogP contribution in [-0.4, -0.2) is 35.3 Å². The van der Waals surface area contributed by atoms with Crippen molar-refractivity contribution in [2.45, 2.75) is 6.18 Å². The van der Waals surface area contributed by atoms with E-state index in [4.69, 9.17) is 9.78 Å². The first-order valence-electron chi connectivity index (χ1n) is 10.6. The zero-order valence-corrected chi connectivity index (χ0v) is 19.2. The molecule has 10 nitrogen and oxygen atoms in total. The van der Waals surface area contributed by atoms with Crippen molar-refractivity contribution in [2.24, 2.45) is 0 Å². The van der Waals surface area contributed by atoms with E-state index in [2.05, 4.69) is 20.5 Å². The summed E-state index contributed by atoms with van der Waals surface area (Å²) < 4.78 is 51.1. The van der Waals surface area contributed by atoms with Gasteiger partial charge in [0.15, 0.2) is 11.3 Å². The molecule has 3 aromatic carbocycles. The fraction of sp³-hybridized carbons (Fsp3) is 0.0800. The highest BCUT2D eigenvalue weighted by Crippen LogP contribution is 2.41. The number of nitrogens with one attached hydrogen (secondary N) is 2. The summed E-state index contributed by atoms with van der Waals surface area (Å²) in [7, 11) is 1.07. The quantitative estimate of drug-likeness (QED) is 0.309. The maximum absolute atomic E-state index is 13.8. The molecule has 0 fully saturated rings. The average molecular weight is 524 g/mol. The fourth-order valence-corrected chi connectivity index (χ4v) is 3.68. The van der Waals surface area contributed by atoms with Crippen molar-refractivity contribution >= 4 is 40.3 Å². The van der Waals surface area contributed by atoms with Crippen molar-refractivity contribution in [1.29, 1.82) is 5.26 Å². The van der Waals surface area contributed by atoms with Crippen LogP contribution in [0.25, 0.3) is 22.1 Å². The van der Waals surface area contributed by atoms with E-state index in [1.54, 1.807) is 6.07 Å². The van der Waals surface area contributed by atoms with Crippen molar-refractivity contribution in [3.8, 4) is 17.2 Å². The second-order valence-electron chi connectivity index (χ2n) is 7.72. The van der Waals surface area contributed by atoms with Crippen LogP contribution >= 0.6 is 0 Å². The number of hydrogen-bond donors (Lipinski definition) is 3. The molecule has 0 spiro atoms. The van der Waals surface area contributed by atoms with Crippen molar-refractivity contribution in [1.82, 2.24) is 5.16 Å². The standard InChI is InChI=1S/C25H15F3N4O6/c1-37-24(36)31-19-10-20-16(9-14(19)13-4-2-3-5-17(13)25(26,27)28)21(32-38-20)22(33)30-18-7-6-12(11-29)8-15(18)23(34)35/h2-10H,1H3,(H,30,33)(H,31,36)(H,34,35). The minimum absolute atomic E-state index is 0.0181. The molecule has 0 saturated carbocycles. The lowest BCUT2D eigenvalue weighted by molar-refractivity contribution is -0.137. The summed E-state index contributed by atoms with van der Waals surface area (Å²) in [5, 5.41) is 26.8. The first-order valence-corrected chi connectivity index (χ1v) is 10.6. The first-order chi connectivity index (χ1) is 18.0. The molecule has 0 aliphatic rings. The number of benzene rings is 3. The van der Waals surface area contributed by atoms with Crippen LogP contribution in [-0.2, 0) is 10.9 Å². The molecule has 0 radical (unpaired) electrons. The lowest BCUT2D eigenvalue weighted by atomic mass is 9.96. The van der Waals surface area contributed by atoms with Gasteiger partial charge >= 0.3 is 18.2 Å². The molecule has 1 heterocycles. The molecule has 1 aromatic heterocycles. The number of ether oxygens (including phenoxy) is 1. The zero-order chi connectivity index (χ0) is 27.6. The number of hydrogen-bond acceptors (Lipinski definition) is 7. The molecule has 192 valence electrons. The third-order valence-electron chi connectivity index (χ3n) is 5.40. The van der Waals surface area contributed by atoms with Crippen LogP contribution in [0.4, 0.5) is 29.3 Å². The summed E-state index contributed by atoms with van der Waals surface area (Å²) in [5.41, 5.74) is -2.42. The van der Waals surface area contributed by atoms with Gasteiger partial charge in [-0.15, -0.1) is 0 Å². The van der Waals surface area contributed by atoms with Gasteiger partial charge in [0.05, 0.1) is 46.6 Å². The van der Waals surface area contributed by atoms with Crippen LogP contribution in [0, 0.1) is 11.3 Å². The summed E-state index contributed by atoms with van der Waals surface area (Å²) in [6.45, 7) is 0. The zero-order valence-electron chi connectivity index (χ0n) is 19.2. The molecule has 4 rings (SSSR count). The molecule has 2 amide bonds. The lowest BCUT2D eigenvalue weighted by Gasteiger charge is -2.16. The highest BCUT2D eigenvalue weighted by atomic mass is 19.4. The van der Waals surface area contributed by atoms with Gasteiger partial charge in [0.25, 0.3) is 5.91 Å². The van der Waals surface area contributed by atoms with Gasteiger partial charge in [0, 0.05) is 11.6 Å². The van der Waals surface area contributed by atoms with Crippen LogP contribution in [0.15, 0.2) is 59.1 Å². The third-order valence-corrected chi connectivity index (χ3v) is 5.40. The summed E-state index contributed by atoms with van der Waals surface area (Å²) >= 11 is 0. The molecular formula is C25H15F3N4O6. The maximum Gasteiger partial charge on any atom is 0.417 e. The molecule has 0 bridgehead atoms. The van der Waals surface area contributed by atoms with Crippen molar-refractivity contribution in [3.05, 3.63) is 77.0 Å². The molecule has 4 aromatic rings. The molecule has 13 heteroatoms. The van der Waals surface area contributed by atoms with Gasteiger partial charge in [-0.25, -0.2) is 9.59 Å². The Hall–Kier alpha value is -5.38. The fourth-order valence-electron chi connectivity index (χ4n) is 3.68. The predicted octanol–water partition coefficient (Wildman–Crippen LogP) is 5.51. The van der Waals surface area contributed by atoms with E-state index in [-0.39, 0.29) is 50.3 Å². The molecule has 3 N–H and O–H groups in total. The number of fused-ring (bicyclic) bond motifs is 1. The van der Waals surface area contributed by atoms with Gasteiger partial charge in [-0.05, 0) is 35.9 Å². The second kappa shape index (κ2) is 9.94. The van der Waals surface area contributed by atoms with E-state index >= 15 is 0 Å². The van der Waals surface area contributed by atoms with Crippen LogP contribution in [0.5, 0.6) is 0 Å². The van der Waals surface area contributed by atoms with E-state index in [1.165, 1.54) is 42.5 Å². The number of carbonyl (C=O) groups is 3. The molecule has 0 aliphatic carbocycles. The van der Waals surface area contributed by atoms with Gasteiger partial charge in [0.2, 0.25) is 0 Å². The van der Waals surface area contributed by atoms with E-state index < -0.39 is 29.7 Å². The number of carbonyl (C=O) groups excluding carboxylic acids is 2. The van der Waals surface area contributed by atoms with Gasteiger partial charge in [0.1, 0.15) is 0 Å². The highest BCUT2D eigenvalue weighted by Gasteiger charge is 2.34. The number of carboxylic acids is 1. The summed E-state index contributed by atoms with van der Waals surface area (Å²) in [5.74, 6) is -2.34. The third kappa shape index (κ3) is 4.96. The van der Waals surface area contributed by atoms with Gasteiger partial charge in [-0.2, -0.15) is 18.4 Å². The number of rotatable bonds is 5. The minimum atomic E-state index is -4.74. The molecule has 0 atom stereocenters. The average Bonchev–Trinajstić information content (AvgIpc) is 3.30. The maximum atomic E-state index is 13.8. The smallest absolute Gasteiger partial charge is 0.417 e. The van der Waals surface area contributed by atoms with Crippen LogP contribution in [0.3, 0.4) is 0 Å². The molecule has 0 saturated heterocycles. The molecular weight excluding hydrogens is 509 g/mol. The molecule has 0 aliphatic heterocycles. The summed E-state index contributed by atoms with van der Waals surface area (Å²) in [6, 6.07) is 12.4. The van der Waals surface area contributed by atoms with E-state index in [1.807, 2.05) is 0 Å². The number of halogens is 3. The Morgan fingerprint density at radius 1 is 1.03 bits per heavy atom. The van der Waals surface area contributed by atoms with Gasteiger partial charge < -0.3 is 19.7 Å². The number of carboxylic acid groups (broad SMARTS) is 1. The number of aromatic nitrogens is 1. The Balaban J connectivity index is 1.85. The van der Waals surface area contributed by atoms with E-state index in [0.29, 0.717) is 0 Å². The SMILES string of the molecule is COC(=O)Nc1cc2onc(C(=O)Nc3ccc(C#N)cc3C(=O)O)c2cc1-c1ccccc1C(F)(F)F. The van der Waals surface area contributed by atoms with E-state index in [9.17, 15) is 32.7 Å². The number of anilines is 2. The number of nitrogens with zero attached hydrogens (tertiary/aromatic N) is 2. The number of amides is 2. The normalized spacial score (nSPS) is 11.0. The van der Waals surface area contributed by atoms with Crippen LogP contribution in [0.1, 0.15) is 32.0 Å². The van der Waals surface area contributed by atoms with Gasteiger partial charge in [-0.1, -0.05) is 23.4 Å². The Morgan fingerprint density at radius 3 is 2.42 bits per heavy atom. The van der Waals surface area contributed by atoms with Crippen molar-refractivity contribution in [3.63, 3.8) is 0 Å². The summed E-state index contributed by atoms with van der Waals surface area (Å²) in [4.78, 5) is 36.5. The van der Waals surface area contributed by atoms with Crippen LogP contribution < -0.4 is 10.6 Å². The number of alkyl halides is 3.